The molecule has 24 heavy (non-hydrogen) atoms. The highest BCUT2D eigenvalue weighted by Crippen LogP contribution is 2.33. The standard InChI is InChI=1S/C17H21N3O4/c1-3-24-13-8-6-12(7-9-13)14-5-4-10-19(14)11-20-16(22)15(21)18(2)17(20)23/h6-9,14H,3-5,10-11H2,1-2H3/t14-/m0/s1. The molecule has 1 aromatic rings. The fraction of sp³-hybridized carbons (Fsp3) is 0.471. The molecule has 2 aliphatic rings. The number of nitrogens with zero attached hydrogens (tertiary/aromatic N) is 3. The SMILES string of the molecule is CCOc1ccc([C@@H]2CCCN2CN2C(=O)C(=O)N(C)C2=O)cc1. The van der Waals surface area contributed by atoms with E-state index in [-0.39, 0.29) is 12.7 Å². The lowest BCUT2D eigenvalue weighted by Crippen LogP contribution is -2.41. The van der Waals surface area contributed by atoms with Crippen LogP contribution in [0.25, 0.3) is 0 Å². The molecular formula is C17H21N3O4. The summed E-state index contributed by atoms with van der Waals surface area (Å²) in [7, 11) is 1.33. The molecular weight excluding hydrogens is 310 g/mol. The van der Waals surface area contributed by atoms with E-state index in [1.165, 1.54) is 7.05 Å². The van der Waals surface area contributed by atoms with Crippen LogP contribution in [0.15, 0.2) is 24.3 Å². The van der Waals surface area contributed by atoms with E-state index in [0.717, 1.165) is 40.5 Å². The lowest BCUT2D eigenvalue weighted by molar-refractivity contribution is -0.143. The van der Waals surface area contributed by atoms with Crippen LogP contribution in [0, 0.1) is 0 Å². The van der Waals surface area contributed by atoms with Crippen molar-refractivity contribution in [1.29, 1.82) is 0 Å². The zero-order valence-corrected chi connectivity index (χ0v) is 13.9. The Bertz CT molecular complexity index is 658. The molecule has 0 radical (unpaired) electrons. The van der Waals surface area contributed by atoms with E-state index in [4.69, 9.17) is 4.74 Å². The summed E-state index contributed by atoms with van der Waals surface area (Å²) in [5, 5.41) is 0. The number of likely N-dealkylation sites (N-methyl/N-ethyl adjacent to an activating group) is 1. The maximum absolute atomic E-state index is 12.0. The van der Waals surface area contributed by atoms with Crippen molar-refractivity contribution in [2.24, 2.45) is 0 Å². The van der Waals surface area contributed by atoms with Crippen molar-refractivity contribution in [3.05, 3.63) is 29.8 Å². The zero-order chi connectivity index (χ0) is 17.3. The second kappa shape index (κ2) is 6.60. The van der Waals surface area contributed by atoms with Crippen molar-refractivity contribution in [2.75, 3.05) is 26.9 Å². The molecule has 4 amide bonds. The van der Waals surface area contributed by atoms with E-state index < -0.39 is 17.8 Å². The van der Waals surface area contributed by atoms with Crippen LogP contribution >= 0.6 is 0 Å². The number of carbonyl (C=O) groups excluding carboxylic acids is 3. The molecule has 7 heteroatoms. The quantitative estimate of drug-likeness (QED) is 0.605. The van der Waals surface area contributed by atoms with Gasteiger partial charge in [0.15, 0.2) is 0 Å². The van der Waals surface area contributed by atoms with Gasteiger partial charge in [0.1, 0.15) is 5.75 Å². The second-order valence-electron chi connectivity index (χ2n) is 5.99. The number of benzene rings is 1. The molecule has 0 saturated carbocycles. The highest BCUT2D eigenvalue weighted by Gasteiger charge is 2.44. The molecule has 7 nitrogen and oxygen atoms in total. The third-order valence-electron chi connectivity index (χ3n) is 4.51. The van der Waals surface area contributed by atoms with Crippen molar-refractivity contribution in [3.63, 3.8) is 0 Å². The fourth-order valence-corrected chi connectivity index (χ4v) is 3.25. The third-order valence-corrected chi connectivity index (χ3v) is 4.51. The molecule has 0 spiro atoms. The van der Waals surface area contributed by atoms with Crippen LogP contribution in [0.4, 0.5) is 4.79 Å². The first-order valence-electron chi connectivity index (χ1n) is 8.13. The highest BCUT2D eigenvalue weighted by molar-refractivity contribution is 6.44. The van der Waals surface area contributed by atoms with Crippen LogP contribution in [-0.2, 0) is 9.59 Å². The Hall–Kier alpha value is -2.41. The summed E-state index contributed by atoms with van der Waals surface area (Å²) >= 11 is 0. The van der Waals surface area contributed by atoms with Crippen LogP contribution in [0.5, 0.6) is 5.75 Å². The van der Waals surface area contributed by atoms with Gasteiger partial charge in [-0.2, -0.15) is 0 Å². The van der Waals surface area contributed by atoms with E-state index in [2.05, 4.69) is 4.90 Å². The van der Waals surface area contributed by atoms with E-state index in [1.807, 2.05) is 31.2 Å². The number of hydrogen-bond donors (Lipinski definition) is 0. The molecule has 0 aliphatic carbocycles. The molecule has 0 bridgehead atoms. The molecule has 3 rings (SSSR count). The van der Waals surface area contributed by atoms with Crippen molar-refractivity contribution in [1.82, 2.24) is 14.7 Å². The predicted molar refractivity (Wildman–Crippen MR) is 86.2 cm³/mol. The van der Waals surface area contributed by atoms with E-state index in [9.17, 15) is 14.4 Å². The average molecular weight is 331 g/mol. The van der Waals surface area contributed by atoms with Crippen molar-refractivity contribution < 1.29 is 19.1 Å². The van der Waals surface area contributed by atoms with E-state index in [1.54, 1.807) is 0 Å². The Balaban J connectivity index is 1.73. The Kier molecular flexibility index (Phi) is 4.53. The predicted octanol–water partition coefficient (Wildman–Crippen LogP) is 1.60. The molecule has 1 aromatic carbocycles. The smallest absolute Gasteiger partial charge is 0.335 e. The van der Waals surface area contributed by atoms with Gasteiger partial charge in [-0.05, 0) is 37.5 Å². The first-order chi connectivity index (χ1) is 11.5. The van der Waals surface area contributed by atoms with E-state index >= 15 is 0 Å². The monoisotopic (exact) mass is 331 g/mol. The largest absolute Gasteiger partial charge is 0.494 e. The molecule has 1 atom stereocenters. The lowest BCUT2D eigenvalue weighted by atomic mass is 10.0. The van der Waals surface area contributed by atoms with Gasteiger partial charge in [0, 0.05) is 19.6 Å². The molecule has 2 aliphatic heterocycles. The Morgan fingerprint density at radius 3 is 2.42 bits per heavy atom. The Labute approximate surface area is 140 Å². The molecule has 0 N–H and O–H groups in total. The van der Waals surface area contributed by atoms with Gasteiger partial charge in [-0.1, -0.05) is 12.1 Å². The number of carbonyl (C=O) groups is 3. The van der Waals surface area contributed by atoms with Crippen LogP contribution in [0.1, 0.15) is 31.4 Å². The summed E-state index contributed by atoms with van der Waals surface area (Å²) < 4.78 is 5.46. The number of likely N-dealkylation sites (tertiary alicyclic amines) is 1. The minimum atomic E-state index is -0.767. The summed E-state index contributed by atoms with van der Waals surface area (Å²) in [4.78, 5) is 39.6. The summed E-state index contributed by atoms with van der Waals surface area (Å²) in [6.07, 6.45) is 1.94. The van der Waals surface area contributed by atoms with Gasteiger partial charge in [0.25, 0.3) is 0 Å². The zero-order valence-electron chi connectivity index (χ0n) is 13.9. The molecule has 2 saturated heterocycles. The van der Waals surface area contributed by atoms with Gasteiger partial charge in [-0.3, -0.25) is 19.4 Å². The van der Waals surface area contributed by atoms with Crippen LogP contribution in [0.3, 0.4) is 0 Å². The number of amides is 4. The summed E-state index contributed by atoms with van der Waals surface area (Å²) in [6, 6.07) is 7.46. The number of rotatable bonds is 5. The minimum absolute atomic E-state index is 0.127. The van der Waals surface area contributed by atoms with Crippen LogP contribution < -0.4 is 4.74 Å². The Morgan fingerprint density at radius 2 is 1.83 bits per heavy atom. The summed E-state index contributed by atoms with van der Waals surface area (Å²) in [5.41, 5.74) is 1.12. The van der Waals surface area contributed by atoms with Gasteiger partial charge < -0.3 is 4.74 Å². The van der Waals surface area contributed by atoms with Crippen molar-refractivity contribution in [3.8, 4) is 5.75 Å². The Morgan fingerprint density at radius 1 is 1.12 bits per heavy atom. The second-order valence-corrected chi connectivity index (χ2v) is 5.99. The van der Waals surface area contributed by atoms with E-state index in [0.29, 0.717) is 6.61 Å². The minimum Gasteiger partial charge on any atom is -0.494 e. The number of ether oxygens (including phenoxy) is 1. The summed E-state index contributed by atoms with van der Waals surface area (Å²) in [5.74, 6) is -0.695. The molecule has 0 unspecified atom stereocenters. The maximum atomic E-state index is 12.0. The van der Waals surface area contributed by atoms with Gasteiger partial charge >= 0.3 is 17.8 Å². The molecule has 2 heterocycles. The molecule has 0 aromatic heterocycles. The van der Waals surface area contributed by atoms with Gasteiger partial charge in [0.05, 0.1) is 13.3 Å². The van der Waals surface area contributed by atoms with Crippen molar-refractivity contribution >= 4 is 17.8 Å². The highest BCUT2D eigenvalue weighted by atomic mass is 16.5. The normalized spacial score (nSPS) is 21.9. The van der Waals surface area contributed by atoms with Gasteiger partial charge in [-0.15, -0.1) is 0 Å². The van der Waals surface area contributed by atoms with Gasteiger partial charge in [-0.25, -0.2) is 9.69 Å². The maximum Gasteiger partial charge on any atom is 0.335 e. The molecule has 2 fully saturated rings. The summed E-state index contributed by atoms with van der Waals surface area (Å²) in [6.45, 7) is 3.49. The van der Waals surface area contributed by atoms with Crippen molar-refractivity contribution in [2.45, 2.75) is 25.8 Å². The van der Waals surface area contributed by atoms with Crippen LogP contribution in [-0.4, -0.2) is 59.4 Å². The number of urea groups is 1. The first kappa shape index (κ1) is 16.4. The first-order valence-corrected chi connectivity index (χ1v) is 8.13. The third kappa shape index (κ3) is 2.87. The lowest BCUT2D eigenvalue weighted by Gasteiger charge is -2.28. The number of imide groups is 2. The van der Waals surface area contributed by atoms with Gasteiger partial charge in [0.2, 0.25) is 0 Å². The number of hydrogen-bond acceptors (Lipinski definition) is 5. The average Bonchev–Trinajstić information content (AvgIpc) is 3.12. The fourth-order valence-electron chi connectivity index (χ4n) is 3.25. The van der Waals surface area contributed by atoms with Crippen LogP contribution in [0.2, 0.25) is 0 Å². The molecule has 128 valence electrons. The topological polar surface area (TPSA) is 70.2 Å².